The fraction of sp³-hybridized carbons (Fsp3) is 0.231. The maximum absolute atomic E-state index is 12.8. The highest BCUT2D eigenvalue weighted by molar-refractivity contribution is 7.98. The van der Waals surface area contributed by atoms with E-state index in [1.54, 1.807) is 4.68 Å². The third kappa shape index (κ3) is 2.98. The monoisotopic (exact) mass is 322 g/mol. The number of aromatic nitrogens is 6. The lowest BCUT2D eigenvalue weighted by atomic mass is 10.2. The molecular weight excluding hydrogens is 310 g/mol. The Balaban J connectivity index is 1.78. The maximum Gasteiger partial charge on any atom is 0.319 e. The third-order valence-corrected chi connectivity index (χ3v) is 3.92. The van der Waals surface area contributed by atoms with Crippen molar-refractivity contribution in [1.82, 2.24) is 29.8 Å². The molecule has 0 bridgehead atoms. The Kier molecular flexibility index (Phi) is 4.14. The molecule has 0 saturated heterocycles. The van der Waals surface area contributed by atoms with Crippen molar-refractivity contribution in [3.63, 3.8) is 0 Å². The molecule has 9 heteroatoms. The number of halogens is 2. The van der Waals surface area contributed by atoms with E-state index in [1.165, 1.54) is 24.2 Å². The molecule has 2 heterocycles. The zero-order valence-electron chi connectivity index (χ0n) is 11.6. The number of hydrogen-bond donors (Lipinski definition) is 0. The van der Waals surface area contributed by atoms with E-state index in [9.17, 15) is 8.78 Å². The first-order chi connectivity index (χ1) is 10.6. The molecule has 22 heavy (non-hydrogen) atoms. The Morgan fingerprint density at radius 1 is 1.23 bits per heavy atom. The van der Waals surface area contributed by atoms with Gasteiger partial charge in [0.2, 0.25) is 5.16 Å². The summed E-state index contributed by atoms with van der Waals surface area (Å²) in [4.78, 5) is 3.94. The molecule has 0 saturated carbocycles. The van der Waals surface area contributed by atoms with Gasteiger partial charge in [0.25, 0.3) is 0 Å². The van der Waals surface area contributed by atoms with Crippen molar-refractivity contribution < 1.29 is 8.78 Å². The van der Waals surface area contributed by atoms with Crippen LogP contribution in [-0.4, -0.2) is 29.8 Å². The van der Waals surface area contributed by atoms with Crippen molar-refractivity contribution in [2.24, 2.45) is 0 Å². The average Bonchev–Trinajstić information content (AvgIpc) is 3.14. The number of aryl methyl sites for hydroxylation is 1. The summed E-state index contributed by atoms with van der Waals surface area (Å²) in [5.41, 5.74) is 1.94. The first-order valence-electron chi connectivity index (χ1n) is 6.43. The van der Waals surface area contributed by atoms with Crippen LogP contribution in [0.5, 0.6) is 0 Å². The Morgan fingerprint density at radius 2 is 2.00 bits per heavy atom. The normalized spacial score (nSPS) is 11.3. The van der Waals surface area contributed by atoms with E-state index < -0.39 is 6.55 Å². The summed E-state index contributed by atoms with van der Waals surface area (Å²) in [5, 5.41) is 12.0. The van der Waals surface area contributed by atoms with Gasteiger partial charge in [0, 0.05) is 12.4 Å². The zero-order chi connectivity index (χ0) is 15.5. The minimum atomic E-state index is -2.61. The number of tetrazole rings is 1. The van der Waals surface area contributed by atoms with Gasteiger partial charge in [-0.05, 0) is 29.5 Å². The van der Waals surface area contributed by atoms with Gasteiger partial charge in [-0.25, -0.2) is 4.98 Å². The minimum absolute atomic E-state index is 0.254. The van der Waals surface area contributed by atoms with Crippen LogP contribution in [0.1, 0.15) is 17.9 Å². The van der Waals surface area contributed by atoms with Crippen LogP contribution in [0.25, 0.3) is 5.69 Å². The molecule has 114 valence electrons. The molecule has 0 fully saturated rings. The van der Waals surface area contributed by atoms with E-state index in [4.69, 9.17) is 0 Å². The lowest BCUT2D eigenvalue weighted by molar-refractivity contribution is 0.0678. The summed E-state index contributed by atoms with van der Waals surface area (Å²) in [6.45, 7) is -0.616. The summed E-state index contributed by atoms with van der Waals surface area (Å²) < 4.78 is 27.9. The van der Waals surface area contributed by atoms with Gasteiger partial charge in [0.15, 0.2) is 0 Å². The van der Waals surface area contributed by atoms with Gasteiger partial charge in [-0.1, -0.05) is 29.5 Å². The molecular formula is C13H12F2N6S. The van der Waals surface area contributed by atoms with E-state index in [0.29, 0.717) is 5.16 Å². The van der Waals surface area contributed by atoms with Crippen LogP contribution in [0.2, 0.25) is 0 Å². The van der Waals surface area contributed by atoms with Crippen LogP contribution in [-0.2, 0) is 5.75 Å². The average molecular weight is 322 g/mol. The van der Waals surface area contributed by atoms with E-state index >= 15 is 0 Å². The number of alkyl halides is 2. The third-order valence-electron chi connectivity index (χ3n) is 3.01. The van der Waals surface area contributed by atoms with Gasteiger partial charge in [-0.2, -0.15) is 13.5 Å². The van der Waals surface area contributed by atoms with Crippen molar-refractivity contribution in [2.75, 3.05) is 0 Å². The molecule has 6 nitrogen and oxygen atoms in total. The van der Waals surface area contributed by atoms with Crippen LogP contribution < -0.4 is 0 Å². The summed E-state index contributed by atoms with van der Waals surface area (Å²) >= 11 is 1.25. The van der Waals surface area contributed by atoms with Crippen molar-refractivity contribution in [2.45, 2.75) is 24.4 Å². The Labute approximate surface area is 129 Å². The van der Waals surface area contributed by atoms with Gasteiger partial charge < -0.3 is 0 Å². The molecule has 0 radical (unpaired) electrons. The lowest BCUT2D eigenvalue weighted by Crippen LogP contribution is -2.03. The van der Waals surface area contributed by atoms with Gasteiger partial charge in [0.05, 0.1) is 11.4 Å². The molecule has 0 amide bonds. The van der Waals surface area contributed by atoms with E-state index in [-0.39, 0.29) is 11.6 Å². The number of hydrogen-bond acceptors (Lipinski definition) is 5. The second-order valence-corrected chi connectivity index (χ2v) is 5.47. The highest BCUT2D eigenvalue weighted by Gasteiger charge is 2.14. The second-order valence-electron chi connectivity index (χ2n) is 4.53. The largest absolute Gasteiger partial charge is 0.319 e. The van der Waals surface area contributed by atoms with Gasteiger partial charge in [-0.3, -0.25) is 4.57 Å². The fourth-order valence-corrected chi connectivity index (χ4v) is 2.72. The highest BCUT2D eigenvalue weighted by atomic mass is 32.2. The molecule has 0 aliphatic heterocycles. The van der Waals surface area contributed by atoms with E-state index in [1.807, 2.05) is 31.2 Å². The quantitative estimate of drug-likeness (QED) is 0.676. The first-order valence-corrected chi connectivity index (χ1v) is 7.42. The van der Waals surface area contributed by atoms with Crippen molar-refractivity contribution in [3.05, 3.63) is 48.0 Å². The molecule has 0 spiro atoms. The molecule has 1 aromatic carbocycles. The van der Waals surface area contributed by atoms with Crippen molar-refractivity contribution in [3.8, 4) is 5.69 Å². The number of imidazole rings is 1. The standard InChI is InChI=1S/C13H12F2N6S/c1-9-2-4-10(5-3-9)21-13(17-18-19-21)22-8-11-16-6-7-20(11)12(14)15/h2-7,12H,8H2,1H3. The molecule has 3 rings (SSSR count). The Hall–Kier alpha value is -2.29. The van der Waals surface area contributed by atoms with Crippen LogP contribution in [0.15, 0.2) is 41.8 Å². The maximum atomic E-state index is 12.8. The molecule has 0 N–H and O–H groups in total. The van der Waals surface area contributed by atoms with Crippen LogP contribution in [0.3, 0.4) is 0 Å². The predicted octanol–water partition coefficient (Wildman–Crippen LogP) is 2.85. The van der Waals surface area contributed by atoms with Gasteiger partial charge in [0.1, 0.15) is 5.82 Å². The summed E-state index contributed by atoms with van der Waals surface area (Å²) in [6, 6.07) is 7.70. The highest BCUT2D eigenvalue weighted by Crippen LogP contribution is 2.23. The molecule has 0 aliphatic carbocycles. The predicted molar refractivity (Wildman–Crippen MR) is 76.9 cm³/mol. The molecule has 0 aliphatic rings. The van der Waals surface area contributed by atoms with Crippen molar-refractivity contribution >= 4 is 11.8 Å². The lowest BCUT2D eigenvalue weighted by Gasteiger charge is -2.06. The molecule has 0 unspecified atom stereocenters. The molecule has 2 aromatic heterocycles. The topological polar surface area (TPSA) is 61.4 Å². The summed E-state index contributed by atoms with van der Waals surface area (Å²) in [6.07, 6.45) is 2.61. The van der Waals surface area contributed by atoms with Crippen LogP contribution in [0, 0.1) is 6.92 Å². The smallest absolute Gasteiger partial charge is 0.277 e. The Bertz CT molecular complexity index is 752. The fourth-order valence-electron chi connectivity index (χ4n) is 1.88. The van der Waals surface area contributed by atoms with Crippen molar-refractivity contribution in [1.29, 1.82) is 0 Å². The second kappa shape index (κ2) is 6.22. The van der Waals surface area contributed by atoms with Crippen LogP contribution >= 0.6 is 11.8 Å². The number of rotatable bonds is 5. The number of benzene rings is 1. The van der Waals surface area contributed by atoms with E-state index in [2.05, 4.69) is 20.5 Å². The molecule has 3 aromatic rings. The zero-order valence-corrected chi connectivity index (χ0v) is 12.4. The van der Waals surface area contributed by atoms with E-state index in [0.717, 1.165) is 15.8 Å². The van der Waals surface area contributed by atoms with Gasteiger partial charge in [-0.15, -0.1) is 5.10 Å². The number of thioether (sulfide) groups is 1. The molecule has 0 atom stereocenters. The number of nitrogens with zero attached hydrogens (tertiary/aromatic N) is 6. The van der Waals surface area contributed by atoms with Crippen LogP contribution in [0.4, 0.5) is 8.78 Å². The minimum Gasteiger partial charge on any atom is -0.277 e. The first kappa shape index (κ1) is 14.6. The van der Waals surface area contributed by atoms with Gasteiger partial charge >= 0.3 is 6.55 Å². The SMILES string of the molecule is Cc1ccc(-n2nnnc2SCc2nccn2C(F)F)cc1. The Morgan fingerprint density at radius 3 is 2.73 bits per heavy atom. The summed E-state index contributed by atoms with van der Waals surface area (Å²) in [7, 11) is 0. The summed E-state index contributed by atoms with van der Waals surface area (Å²) in [5.74, 6) is 0.530.